The van der Waals surface area contributed by atoms with Gasteiger partial charge in [0.25, 0.3) is 3.79 Å². The van der Waals surface area contributed by atoms with Crippen molar-refractivity contribution in [3.63, 3.8) is 0 Å². The van der Waals surface area contributed by atoms with Crippen molar-refractivity contribution in [2.24, 2.45) is 0 Å². The van der Waals surface area contributed by atoms with Gasteiger partial charge in [0.15, 0.2) is 12.8 Å². The molecule has 60 valence electrons. The van der Waals surface area contributed by atoms with Crippen LogP contribution >= 0.6 is 34.8 Å². The molecular weight excluding hydrogens is 196 g/mol. The van der Waals surface area contributed by atoms with Gasteiger partial charge in [0.2, 0.25) is 0 Å². The Morgan fingerprint density at radius 3 is 2.30 bits per heavy atom. The van der Waals surface area contributed by atoms with E-state index in [0.717, 1.165) is 0 Å². The maximum atomic E-state index is 8.44. The second-order valence-electron chi connectivity index (χ2n) is 1.87. The number of aliphatic hydroxyl groups excluding tert-OH is 1. The van der Waals surface area contributed by atoms with Crippen LogP contribution in [0.5, 0.6) is 0 Å². The number of hydrogen-bond donors (Lipinski definition) is 1. The number of halogens is 3. The Morgan fingerprint density at radius 1 is 1.50 bits per heavy atom. The molecule has 2 nitrogen and oxygen atoms in total. The van der Waals surface area contributed by atoms with Gasteiger partial charge in [-0.2, -0.15) is 0 Å². The number of aliphatic hydroxyl groups is 1. The average Bonchev–Trinajstić information content (AvgIpc) is 1.59. The van der Waals surface area contributed by atoms with Gasteiger partial charge in [0.1, 0.15) is 13.7 Å². The Kier molecular flexibility index (Phi) is 4.61. The second-order valence-corrected chi connectivity index (χ2v) is 4.24. The average molecular weight is 205 g/mol. The van der Waals surface area contributed by atoms with Crippen molar-refractivity contribution in [1.29, 1.82) is 0 Å². The van der Waals surface area contributed by atoms with E-state index >= 15 is 0 Å². The van der Waals surface area contributed by atoms with E-state index in [1.807, 2.05) is 0 Å². The summed E-state index contributed by atoms with van der Waals surface area (Å²) in [4.78, 5) is 0. The molecule has 0 aliphatic heterocycles. The minimum absolute atomic E-state index is 0.0494. The third-order valence-corrected chi connectivity index (χ3v) is 1.11. The first-order chi connectivity index (χ1) is 4.45. The van der Waals surface area contributed by atoms with Crippen LogP contribution in [0.3, 0.4) is 0 Å². The molecule has 0 aliphatic rings. The van der Waals surface area contributed by atoms with Crippen molar-refractivity contribution in [2.45, 2.75) is 3.79 Å². The number of hydrogen-bond acceptors (Lipinski definition) is 1. The van der Waals surface area contributed by atoms with Gasteiger partial charge in [-0.1, -0.05) is 34.8 Å². The van der Waals surface area contributed by atoms with E-state index in [9.17, 15) is 0 Å². The second kappa shape index (κ2) is 4.39. The Hall–Kier alpha value is 0.500. The zero-order valence-corrected chi connectivity index (χ0v) is 7.79. The quantitative estimate of drug-likeness (QED) is 0.407. The highest BCUT2D eigenvalue weighted by atomic mass is 35.6. The normalized spacial score (nSPS) is 13.9. The summed E-state index contributed by atoms with van der Waals surface area (Å²) < 4.78 is 0.247. The van der Waals surface area contributed by atoms with Gasteiger partial charge in [-0.25, -0.2) is 4.58 Å². The van der Waals surface area contributed by atoms with Crippen molar-refractivity contribution in [3.8, 4) is 0 Å². The Morgan fingerprint density at radius 2 is 2.00 bits per heavy atom. The third kappa shape index (κ3) is 6.62. The van der Waals surface area contributed by atoms with Crippen LogP contribution in [0.15, 0.2) is 0 Å². The van der Waals surface area contributed by atoms with Crippen LogP contribution in [0.1, 0.15) is 0 Å². The molecule has 0 fully saturated rings. The molecule has 0 aromatic heterocycles. The first-order valence-electron chi connectivity index (χ1n) is 2.69. The highest BCUT2D eigenvalue weighted by Crippen LogP contribution is 2.22. The lowest BCUT2D eigenvalue weighted by Gasteiger charge is -2.00. The summed E-state index contributed by atoms with van der Waals surface area (Å²) in [6, 6.07) is 0. The van der Waals surface area contributed by atoms with Crippen LogP contribution in [0.4, 0.5) is 0 Å². The minimum Gasteiger partial charge on any atom is -0.390 e. The zero-order valence-electron chi connectivity index (χ0n) is 5.52. The Balaban J connectivity index is 3.90. The first kappa shape index (κ1) is 10.5. The molecule has 0 aliphatic carbocycles. The van der Waals surface area contributed by atoms with Crippen LogP contribution in [-0.2, 0) is 0 Å². The molecule has 0 spiro atoms. The predicted octanol–water partition coefficient (Wildman–Crippen LogP) is 1.06. The number of nitrogens with zero attached hydrogens (tertiary/aromatic N) is 1. The van der Waals surface area contributed by atoms with Gasteiger partial charge in [0.05, 0.1) is 0 Å². The van der Waals surface area contributed by atoms with E-state index in [-0.39, 0.29) is 6.61 Å². The highest BCUT2D eigenvalue weighted by Gasteiger charge is 2.21. The summed E-state index contributed by atoms with van der Waals surface area (Å²) in [6.45, 7) is 0.516. The number of alkyl halides is 3. The van der Waals surface area contributed by atoms with Crippen LogP contribution in [0, 0.1) is 0 Å². The molecule has 0 saturated carbocycles. The summed E-state index contributed by atoms with van der Waals surface area (Å²) in [6.07, 6.45) is 1.41. The summed E-state index contributed by atoms with van der Waals surface area (Å²) in [5, 5.41) is 8.44. The molecule has 5 heteroatoms. The Labute approximate surface area is 75.0 Å². The van der Waals surface area contributed by atoms with Gasteiger partial charge in [0, 0.05) is 0 Å². The molecule has 1 N–H and O–H groups in total. The van der Waals surface area contributed by atoms with E-state index in [1.54, 1.807) is 11.6 Å². The largest absolute Gasteiger partial charge is 0.390 e. The third-order valence-electron chi connectivity index (χ3n) is 0.819. The van der Waals surface area contributed by atoms with Gasteiger partial charge >= 0.3 is 0 Å². The lowest BCUT2D eigenvalue weighted by Crippen LogP contribution is -2.19. The topological polar surface area (TPSA) is 23.2 Å². The van der Waals surface area contributed by atoms with Crippen LogP contribution in [0.2, 0.25) is 0 Å². The Bertz CT molecular complexity index is 129. The molecular formula is C5H9Cl3NO+. The molecule has 0 radical (unpaired) electrons. The van der Waals surface area contributed by atoms with Crippen LogP contribution in [-0.4, -0.2) is 39.9 Å². The molecule has 0 amide bonds. The standard InChI is InChI=1S/C5H9Cl3NO/c1-9(2-3-10)4-5(6,7)8/h4,10H,2-3H2,1H3/q+1. The maximum Gasteiger partial charge on any atom is 0.267 e. The van der Waals surface area contributed by atoms with Crippen LogP contribution < -0.4 is 0 Å². The van der Waals surface area contributed by atoms with Gasteiger partial charge < -0.3 is 5.11 Å². The SMILES string of the molecule is C[N+](=CC(Cl)(Cl)Cl)CCO. The summed E-state index contributed by atoms with van der Waals surface area (Å²) in [7, 11) is 1.72. The van der Waals surface area contributed by atoms with Crippen molar-refractivity contribution < 1.29 is 9.68 Å². The summed E-state index contributed by atoms with van der Waals surface area (Å²) in [5.41, 5.74) is 0. The molecule has 10 heavy (non-hydrogen) atoms. The smallest absolute Gasteiger partial charge is 0.267 e. The van der Waals surface area contributed by atoms with Crippen molar-refractivity contribution >= 4 is 41.0 Å². The van der Waals surface area contributed by atoms with Gasteiger partial charge in [-0.15, -0.1) is 0 Å². The number of likely N-dealkylation sites (N-methyl/N-ethyl adjacent to an activating group) is 1. The first-order valence-corrected chi connectivity index (χ1v) is 3.83. The molecule has 0 bridgehead atoms. The maximum absolute atomic E-state index is 8.44. The molecule has 0 heterocycles. The lowest BCUT2D eigenvalue weighted by atomic mass is 10.6. The highest BCUT2D eigenvalue weighted by molar-refractivity contribution is 6.74. The fourth-order valence-electron chi connectivity index (χ4n) is 0.472. The van der Waals surface area contributed by atoms with Crippen molar-refractivity contribution in [3.05, 3.63) is 0 Å². The van der Waals surface area contributed by atoms with E-state index in [0.29, 0.717) is 6.54 Å². The monoisotopic (exact) mass is 204 g/mol. The van der Waals surface area contributed by atoms with Crippen molar-refractivity contribution in [1.82, 2.24) is 0 Å². The molecule has 0 rings (SSSR count). The van der Waals surface area contributed by atoms with E-state index in [2.05, 4.69) is 0 Å². The summed E-state index contributed by atoms with van der Waals surface area (Å²) >= 11 is 16.2. The molecule has 0 saturated heterocycles. The van der Waals surface area contributed by atoms with Gasteiger partial charge in [-0.3, -0.25) is 0 Å². The lowest BCUT2D eigenvalue weighted by molar-refractivity contribution is -0.495. The zero-order chi connectivity index (χ0) is 8.20. The molecule has 0 unspecified atom stereocenters. The minimum atomic E-state index is -1.37. The van der Waals surface area contributed by atoms with Crippen molar-refractivity contribution in [2.75, 3.05) is 20.2 Å². The fraction of sp³-hybridized carbons (Fsp3) is 0.800. The predicted molar refractivity (Wildman–Crippen MR) is 44.5 cm³/mol. The van der Waals surface area contributed by atoms with Gasteiger partial charge in [-0.05, 0) is 0 Å². The van der Waals surface area contributed by atoms with E-state index in [1.165, 1.54) is 6.21 Å². The molecule has 0 atom stereocenters. The molecule has 0 aromatic carbocycles. The number of rotatable bonds is 2. The molecule has 0 aromatic rings. The van der Waals surface area contributed by atoms with E-state index < -0.39 is 3.79 Å². The summed E-state index contributed by atoms with van der Waals surface area (Å²) in [5.74, 6) is 0. The van der Waals surface area contributed by atoms with Crippen LogP contribution in [0.25, 0.3) is 0 Å². The van der Waals surface area contributed by atoms with E-state index in [4.69, 9.17) is 39.9 Å². The fourth-order valence-corrected chi connectivity index (χ4v) is 0.972.